The maximum atomic E-state index is 13.3. The Morgan fingerprint density at radius 1 is 0.914 bits per heavy atom. The van der Waals surface area contributed by atoms with E-state index in [1.807, 2.05) is 43.3 Å². The number of benzene rings is 3. The minimum absolute atomic E-state index is 0.0960. The lowest BCUT2D eigenvalue weighted by atomic mass is 9.98. The van der Waals surface area contributed by atoms with Crippen LogP contribution in [0.3, 0.4) is 0 Å². The predicted molar refractivity (Wildman–Crippen MR) is 133 cm³/mol. The molecule has 0 saturated heterocycles. The number of amides is 2. The molecule has 2 N–H and O–H groups in total. The van der Waals surface area contributed by atoms with E-state index in [1.165, 1.54) is 4.90 Å². The Morgan fingerprint density at radius 2 is 1.49 bits per heavy atom. The van der Waals surface area contributed by atoms with Gasteiger partial charge in [0.15, 0.2) is 0 Å². The van der Waals surface area contributed by atoms with Crippen molar-refractivity contribution < 1.29 is 24.2 Å². The molecule has 1 aliphatic rings. The summed E-state index contributed by atoms with van der Waals surface area (Å²) >= 11 is 0. The molecule has 0 heterocycles. The van der Waals surface area contributed by atoms with Crippen LogP contribution >= 0.6 is 0 Å². The van der Waals surface area contributed by atoms with Crippen molar-refractivity contribution in [3.05, 3.63) is 90.0 Å². The molecule has 4 rings (SSSR count). The van der Waals surface area contributed by atoms with Crippen LogP contribution in [-0.2, 0) is 14.3 Å². The number of nitrogens with zero attached hydrogens (tertiary/aromatic N) is 1. The van der Waals surface area contributed by atoms with Crippen molar-refractivity contribution in [1.29, 1.82) is 0 Å². The molecule has 0 fully saturated rings. The van der Waals surface area contributed by atoms with Gasteiger partial charge in [-0.25, -0.2) is 4.79 Å². The Kier molecular flexibility index (Phi) is 7.45. The van der Waals surface area contributed by atoms with Crippen LogP contribution in [0.2, 0.25) is 0 Å². The lowest BCUT2D eigenvalue weighted by Crippen LogP contribution is -2.50. The normalized spacial score (nSPS) is 12.8. The smallest absolute Gasteiger partial charge is 0.407 e. The van der Waals surface area contributed by atoms with E-state index in [0.717, 1.165) is 22.3 Å². The molecule has 0 aliphatic heterocycles. The molecular formula is C28H28N2O5. The summed E-state index contributed by atoms with van der Waals surface area (Å²) in [5.74, 6) is -1.73. The molecule has 0 aromatic heterocycles. The maximum absolute atomic E-state index is 13.3. The minimum atomic E-state index is -1.14. The lowest BCUT2D eigenvalue weighted by molar-refractivity contribution is -0.136. The number of aliphatic carboxylic acids is 1. The van der Waals surface area contributed by atoms with Crippen molar-refractivity contribution in [1.82, 2.24) is 5.32 Å². The highest BCUT2D eigenvalue weighted by atomic mass is 16.5. The molecule has 7 heteroatoms. The molecule has 0 radical (unpaired) electrons. The van der Waals surface area contributed by atoms with Crippen molar-refractivity contribution in [2.75, 3.05) is 18.1 Å². The molecule has 1 unspecified atom stereocenters. The van der Waals surface area contributed by atoms with Gasteiger partial charge in [-0.1, -0.05) is 80.1 Å². The van der Waals surface area contributed by atoms with Crippen LogP contribution in [0.4, 0.5) is 10.5 Å². The Balaban J connectivity index is 1.47. The first-order valence-corrected chi connectivity index (χ1v) is 11.7. The zero-order chi connectivity index (χ0) is 24.8. The van der Waals surface area contributed by atoms with Gasteiger partial charge >= 0.3 is 12.1 Å². The monoisotopic (exact) mass is 472 g/mol. The second-order valence-electron chi connectivity index (χ2n) is 8.46. The number of carbonyl (C=O) groups excluding carboxylic acids is 2. The molecule has 35 heavy (non-hydrogen) atoms. The number of para-hydroxylation sites is 1. The first-order chi connectivity index (χ1) is 17.0. The largest absolute Gasteiger partial charge is 0.480 e. The number of carbonyl (C=O) groups is 3. The van der Waals surface area contributed by atoms with Crippen LogP contribution in [0.1, 0.15) is 36.8 Å². The first kappa shape index (κ1) is 24.0. The number of fused-ring (bicyclic) bond motifs is 3. The number of carboxylic acid groups (broad SMARTS) is 1. The van der Waals surface area contributed by atoms with Crippen LogP contribution in [-0.4, -0.2) is 42.3 Å². The number of carboxylic acids is 1. The predicted octanol–water partition coefficient (Wildman–Crippen LogP) is 4.81. The number of nitrogens with one attached hydrogen (secondary N) is 1. The summed E-state index contributed by atoms with van der Waals surface area (Å²) in [6.45, 7) is 1.52. The van der Waals surface area contributed by atoms with E-state index < -0.39 is 30.6 Å². The summed E-state index contributed by atoms with van der Waals surface area (Å²) in [5, 5.41) is 12.0. The van der Waals surface area contributed by atoms with Gasteiger partial charge in [0.1, 0.15) is 19.2 Å². The third-order valence-electron chi connectivity index (χ3n) is 6.14. The van der Waals surface area contributed by atoms with Crippen LogP contribution < -0.4 is 10.2 Å². The topological polar surface area (TPSA) is 95.9 Å². The highest BCUT2D eigenvalue weighted by molar-refractivity contribution is 6.01. The van der Waals surface area contributed by atoms with E-state index in [-0.39, 0.29) is 12.5 Å². The van der Waals surface area contributed by atoms with Crippen molar-refractivity contribution in [3.63, 3.8) is 0 Å². The highest BCUT2D eigenvalue weighted by Crippen LogP contribution is 2.44. The number of hydrogen-bond acceptors (Lipinski definition) is 4. The molecule has 0 spiro atoms. The lowest BCUT2D eigenvalue weighted by Gasteiger charge is -2.26. The van der Waals surface area contributed by atoms with E-state index in [9.17, 15) is 19.5 Å². The molecule has 3 aromatic rings. The second kappa shape index (κ2) is 10.9. The van der Waals surface area contributed by atoms with E-state index in [4.69, 9.17) is 4.74 Å². The van der Waals surface area contributed by atoms with E-state index in [0.29, 0.717) is 18.5 Å². The minimum Gasteiger partial charge on any atom is -0.480 e. The van der Waals surface area contributed by atoms with Crippen molar-refractivity contribution in [2.45, 2.75) is 31.7 Å². The maximum Gasteiger partial charge on any atom is 0.407 e. The fraction of sp³-hybridized carbons (Fsp3) is 0.250. The Labute approximate surface area is 204 Å². The van der Waals surface area contributed by atoms with Crippen molar-refractivity contribution >= 4 is 23.7 Å². The van der Waals surface area contributed by atoms with Crippen LogP contribution in [0, 0.1) is 0 Å². The summed E-state index contributed by atoms with van der Waals surface area (Å²) in [5.41, 5.74) is 4.90. The summed E-state index contributed by atoms with van der Waals surface area (Å²) < 4.78 is 5.60. The number of rotatable bonds is 9. The summed E-state index contributed by atoms with van der Waals surface area (Å²) in [4.78, 5) is 38.7. The van der Waals surface area contributed by atoms with E-state index in [1.54, 1.807) is 30.3 Å². The fourth-order valence-electron chi connectivity index (χ4n) is 4.56. The molecular weight excluding hydrogens is 444 g/mol. The average molecular weight is 473 g/mol. The molecule has 3 aromatic carbocycles. The van der Waals surface area contributed by atoms with Gasteiger partial charge in [-0.15, -0.1) is 0 Å². The van der Waals surface area contributed by atoms with E-state index in [2.05, 4.69) is 17.4 Å². The van der Waals surface area contributed by atoms with Crippen LogP contribution in [0.15, 0.2) is 78.9 Å². The van der Waals surface area contributed by atoms with E-state index >= 15 is 0 Å². The SMILES string of the molecule is CCCC(NC(=O)OCC1c2ccccc2-c2ccccc21)C(=O)N(CC(=O)O)c1ccccc1. The third-order valence-corrected chi connectivity index (χ3v) is 6.14. The number of hydrogen-bond donors (Lipinski definition) is 2. The standard InChI is InChI=1S/C28H28N2O5/c1-2-10-25(27(33)30(17-26(31)32)19-11-4-3-5-12-19)29-28(34)35-18-24-22-15-8-6-13-20(22)21-14-7-9-16-23(21)24/h3-9,11-16,24-25H,2,10,17-18H2,1H3,(H,29,34)(H,31,32). The van der Waals surface area contributed by atoms with Crippen LogP contribution in [0.5, 0.6) is 0 Å². The quantitative estimate of drug-likeness (QED) is 0.466. The van der Waals surface area contributed by atoms with Gasteiger partial charge in [0.05, 0.1) is 0 Å². The Bertz CT molecular complexity index is 1170. The summed E-state index contributed by atoms with van der Waals surface area (Å²) in [7, 11) is 0. The van der Waals surface area contributed by atoms with Gasteiger partial charge in [0.2, 0.25) is 5.91 Å². The van der Waals surface area contributed by atoms with Gasteiger partial charge in [0.25, 0.3) is 0 Å². The van der Waals surface area contributed by atoms with Gasteiger partial charge in [-0.05, 0) is 40.8 Å². The third kappa shape index (κ3) is 5.35. The Morgan fingerprint density at radius 3 is 2.06 bits per heavy atom. The number of anilines is 1. The molecule has 2 amide bonds. The average Bonchev–Trinajstić information content (AvgIpc) is 3.19. The fourth-order valence-corrected chi connectivity index (χ4v) is 4.56. The van der Waals surface area contributed by atoms with Gasteiger partial charge in [-0.2, -0.15) is 0 Å². The molecule has 1 aliphatic carbocycles. The first-order valence-electron chi connectivity index (χ1n) is 11.7. The Hall–Kier alpha value is -4.13. The van der Waals surface area contributed by atoms with Gasteiger partial charge in [0, 0.05) is 11.6 Å². The summed E-state index contributed by atoms with van der Waals surface area (Å²) in [6, 6.07) is 23.8. The van der Waals surface area contributed by atoms with Gasteiger partial charge < -0.3 is 15.2 Å². The molecule has 1 atom stereocenters. The molecule has 7 nitrogen and oxygen atoms in total. The number of alkyl carbamates (subject to hydrolysis) is 1. The van der Waals surface area contributed by atoms with Gasteiger partial charge in [-0.3, -0.25) is 14.5 Å². The zero-order valence-electron chi connectivity index (χ0n) is 19.5. The zero-order valence-corrected chi connectivity index (χ0v) is 19.5. The van der Waals surface area contributed by atoms with Crippen molar-refractivity contribution in [3.8, 4) is 11.1 Å². The molecule has 0 saturated carbocycles. The van der Waals surface area contributed by atoms with Crippen LogP contribution in [0.25, 0.3) is 11.1 Å². The van der Waals surface area contributed by atoms with Crippen molar-refractivity contribution in [2.24, 2.45) is 0 Å². The summed E-state index contributed by atoms with van der Waals surface area (Å²) in [6.07, 6.45) is 0.267. The molecule has 180 valence electrons. The second-order valence-corrected chi connectivity index (χ2v) is 8.46. The number of ether oxygens (including phenoxy) is 1. The highest BCUT2D eigenvalue weighted by Gasteiger charge is 2.31. The molecule has 0 bridgehead atoms.